The summed E-state index contributed by atoms with van der Waals surface area (Å²) >= 11 is 1.65. The average Bonchev–Trinajstić information content (AvgIpc) is 3.30. The largest absolute Gasteiger partial charge is 0.352 e. The maximum atomic E-state index is 11.9. The lowest BCUT2D eigenvalue weighted by molar-refractivity contribution is -0.116. The summed E-state index contributed by atoms with van der Waals surface area (Å²) in [6.45, 7) is 4.48. The van der Waals surface area contributed by atoms with E-state index in [1.165, 1.54) is 10.4 Å². The van der Waals surface area contributed by atoms with Crippen LogP contribution in [0.1, 0.15) is 36.4 Å². The first-order valence-electron chi connectivity index (χ1n) is 8.55. The molecule has 26 heavy (non-hydrogen) atoms. The summed E-state index contributed by atoms with van der Waals surface area (Å²) in [5.41, 5.74) is 1.18. The Balaban J connectivity index is 1.48. The molecule has 5 nitrogen and oxygen atoms in total. The monoisotopic (exact) mass is 367 g/mol. The van der Waals surface area contributed by atoms with Crippen molar-refractivity contribution in [2.45, 2.75) is 26.2 Å². The molecule has 0 bridgehead atoms. The lowest BCUT2D eigenvalue weighted by Gasteiger charge is -1.98. The van der Waals surface area contributed by atoms with Crippen LogP contribution in [-0.2, 0) is 11.2 Å². The van der Waals surface area contributed by atoms with E-state index in [9.17, 15) is 4.79 Å². The number of amides is 1. The molecule has 0 fully saturated rings. The minimum atomic E-state index is -0.136. The van der Waals surface area contributed by atoms with Crippen LogP contribution in [-0.4, -0.2) is 22.6 Å². The summed E-state index contributed by atoms with van der Waals surface area (Å²) in [5, 5.41) is 6.73. The van der Waals surface area contributed by atoms with E-state index in [0.717, 1.165) is 4.88 Å². The van der Waals surface area contributed by atoms with Crippen molar-refractivity contribution in [2.24, 2.45) is 0 Å². The van der Waals surface area contributed by atoms with Gasteiger partial charge >= 0.3 is 0 Å². The lowest BCUT2D eigenvalue weighted by atomic mass is 10.2. The molecule has 0 aliphatic heterocycles. The Morgan fingerprint density at radius 2 is 2.04 bits per heavy atom. The zero-order chi connectivity index (χ0) is 18.4. The van der Waals surface area contributed by atoms with Crippen LogP contribution in [0.4, 0.5) is 0 Å². The molecule has 6 heteroatoms. The summed E-state index contributed by atoms with van der Waals surface area (Å²) in [7, 11) is 0. The third-order valence-electron chi connectivity index (χ3n) is 3.72. The molecule has 1 amide bonds. The standard InChI is InChI=1S/C20H21N3O2S/c1-14(2)20-22-19(25-23-20)12-13-21-18(24)11-9-16-8-10-17(26-16)15-6-4-3-5-7-15/h3-11,14H,12-13H2,1-2H3,(H,21,24). The Morgan fingerprint density at radius 1 is 1.23 bits per heavy atom. The van der Waals surface area contributed by atoms with E-state index in [4.69, 9.17) is 4.52 Å². The number of hydrogen-bond donors (Lipinski definition) is 1. The Bertz CT molecular complexity index is 881. The van der Waals surface area contributed by atoms with Gasteiger partial charge in [0.05, 0.1) is 0 Å². The van der Waals surface area contributed by atoms with E-state index in [-0.39, 0.29) is 11.8 Å². The van der Waals surface area contributed by atoms with Gasteiger partial charge in [0.15, 0.2) is 5.82 Å². The molecule has 0 spiro atoms. The van der Waals surface area contributed by atoms with Crippen LogP contribution in [0.25, 0.3) is 16.5 Å². The van der Waals surface area contributed by atoms with Crippen LogP contribution < -0.4 is 5.32 Å². The minimum absolute atomic E-state index is 0.136. The van der Waals surface area contributed by atoms with Crippen LogP contribution >= 0.6 is 11.3 Å². The Kier molecular flexibility index (Phi) is 5.96. The molecule has 0 saturated carbocycles. The molecule has 134 valence electrons. The van der Waals surface area contributed by atoms with E-state index >= 15 is 0 Å². The van der Waals surface area contributed by atoms with Gasteiger partial charge in [-0.05, 0) is 23.8 Å². The lowest BCUT2D eigenvalue weighted by Crippen LogP contribution is -2.23. The highest BCUT2D eigenvalue weighted by molar-refractivity contribution is 7.16. The first-order chi connectivity index (χ1) is 12.6. The van der Waals surface area contributed by atoms with Gasteiger partial charge < -0.3 is 9.84 Å². The normalized spacial score (nSPS) is 11.3. The second-order valence-corrected chi connectivity index (χ2v) is 7.26. The molecule has 1 aromatic carbocycles. The number of benzene rings is 1. The third-order valence-corrected chi connectivity index (χ3v) is 4.82. The number of hydrogen-bond acceptors (Lipinski definition) is 5. The molecule has 2 aromatic heterocycles. The van der Waals surface area contributed by atoms with Gasteiger partial charge in [0, 0.05) is 34.7 Å². The Morgan fingerprint density at radius 3 is 2.77 bits per heavy atom. The predicted molar refractivity (Wildman–Crippen MR) is 104 cm³/mol. The highest BCUT2D eigenvalue weighted by Gasteiger charge is 2.09. The molecular formula is C20H21N3O2S. The fourth-order valence-corrected chi connectivity index (χ4v) is 3.23. The highest BCUT2D eigenvalue weighted by atomic mass is 32.1. The number of rotatable bonds is 7. The van der Waals surface area contributed by atoms with Gasteiger partial charge in [0.1, 0.15) is 0 Å². The molecule has 0 saturated heterocycles. The molecule has 0 aliphatic rings. The van der Waals surface area contributed by atoms with Crippen LogP contribution in [0.3, 0.4) is 0 Å². The quantitative estimate of drug-likeness (QED) is 0.633. The van der Waals surface area contributed by atoms with E-state index in [1.54, 1.807) is 17.4 Å². The van der Waals surface area contributed by atoms with Crippen LogP contribution in [0.5, 0.6) is 0 Å². The summed E-state index contributed by atoms with van der Waals surface area (Å²) in [5.74, 6) is 1.33. The van der Waals surface area contributed by atoms with Crippen molar-refractivity contribution in [3.8, 4) is 10.4 Å². The number of carbonyl (C=O) groups excluding carboxylic acids is 1. The molecular weight excluding hydrogens is 346 g/mol. The fraction of sp³-hybridized carbons (Fsp3) is 0.250. The molecule has 0 unspecified atom stereocenters. The first kappa shape index (κ1) is 18.1. The van der Waals surface area contributed by atoms with Crippen molar-refractivity contribution in [3.63, 3.8) is 0 Å². The predicted octanol–water partition coefficient (Wildman–Crippen LogP) is 4.29. The van der Waals surface area contributed by atoms with Crippen molar-refractivity contribution in [1.82, 2.24) is 15.5 Å². The topological polar surface area (TPSA) is 68.0 Å². The number of nitrogens with one attached hydrogen (secondary N) is 1. The van der Waals surface area contributed by atoms with Crippen LogP contribution in [0, 0.1) is 0 Å². The van der Waals surface area contributed by atoms with Crippen molar-refractivity contribution in [1.29, 1.82) is 0 Å². The summed E-state index contributed by atoms with van der Waals surface area (Å²) in [4.78, 5) is 18.4. The SMILES string of the molecule is CC(C)c1noc(CCNC(=O)C=Cc2ccc(-c3ccccc3)s2)n1. The minimum Gasteiger partial charge on any atom is -0.352 e. The Labute approximate surface area is 156 Å². The van der Waals surface area contributed by atoms with Gasteiger partial charge in [-0.2, -0.15) is 4.98 Å². The zero-order valence-electron chi connectivity index (χ0n) is 14.8. The second-order valence-electron chi connectivity index (χ2n) is 6.14. The number of aromatic nitrogens is 2. The van der Waals surface area contributed by atoms with Crippen LogP contribution in [0.15, 0.2) is 53.1 Å². The molecule has 0 aliphatic carbocycles. The van der Waals surface area contributed by atoms with Crippen molar-refractivity contribution in [3.05, 3.63) is 65.1 Å². The first-order valence-corrected chi connectivity index (χ1v) is 9.37. The highest BCUT2D eigenvalue weighted by Crippen LogP contribution is 2.28. The second kappa shape index (κ2) is 8.58. The number of thiophene rings is 1. The molecule has 3 rings (SSSR count). The fourth-order valence-electron chi connectivity index (χ4n) is 2.31. The number of carbonyl (C=O) groups is 1. The van der Waals surface area contributed by atoms with Gasteiger partial charge in [0.25, 0.3) is 0 Å². The number of nitrogens with zero attached hydrogens (tertiary/aromatic N) is 2. The van der Waals surface area contributed by atoms with Gasteiger partial charge in [-0.3, -0.25) is 4.79 Å². The van der Waals surface area contributed by atoms with Crippen molar-refractivity contribution in [2.75, 3.05) is 6.54 Å². The van der Waals surface area contributed by atoms with E-state index < -0.39 is 0 Å². The van der Waals surface area contributed by atoms with Gasteiger partial charge in [0.2, 0.25) is 11.8 Å². The molecule has 0 radical (unpaired) electrons. The average molecular weight is 367 g/mol. The summed E-state index contributed by atoms with van der Waals surface area (Å²) in [6, 6.07) is 14.3. The molecule has 3 aromatic rings. The molecule has 1 N–H and O–H groups in total. The third kappa shape index (κ3) is 4.89. The summed E-state index contributed by atoms with van der Waals surface area (Å²) < 4.78 is 5.15. The molecule has 2 heterocycles. The van der Waals surface area contributed by atoms with Crippen molar-refractivity contribution < 1.29 is 9.32 Å². The smallest absolute Gasteiger partial charge is 0.244 e. The maximum absolute atomic E-state index is 11.9. The maximum Gasteiger partial charge on any atom is 0.244 e. The zero-order valence-corrected chi connectivity index (χ0v) is 15.6. The van der Waals surface area contributed by atoms with E-state index in [0.29, 0.717) is 24.7 Å². The van der Waals surface area contributed by atoms with Crippen LogP contribution in [0.2, 0.25) is 0 Å². The Hall–Kier alpha value is -2.73. The van der Waals surface area contributed by atoms with Crippen molar-refractivity contribution >= 4 is 23.3 Å². The van der Waals surface area contributed by atoms with E-state index in [1.807, 2.05) is 44.2 Å². The van der Waals surface area contributed by atoms with E-state index in [2.05, 4.69) is 33.7 Å². The van der Waals surface area contributed by atoms with Gasteiger partial charge in [-0.15, -0.1) is 11.3 Å². The van der Waals surface area contributed by atoms with Gasteiger partial charge in [-0.1, -0.05) is 49.3 Å². The van der Waals surface area contributed by atoms with Gasteiger partial charge in [-0.25, -0.2) is 0 Å². The summed E-state index contributed by atoms with van der Waals surface area (Å²) in [6.07, 6.45) is 3.90. The molecule has 0 atom stereocenters.